The highest BCUT2D eigenvalue weighted by atomic mass is 35.5. The maximum atomic E-state index is 9.06. The Balaban J connectivity index is 2.46. The van der Waals surface area contributed by atoms with E-state index >= 15 is 0 Å². The van der Waals surface area contributed by atoms with Gasteiger partial charge in [0.05, 0.1) is 11.1 Å². The Kier molecular flexibility index (Phi) is 3.16. The van der Waals surface area contributed by atoms with Gasteiger partial charge in [-0.15, -0.1) is 0 Å². The van der Waals surface area contributed by atoms with Gasteiger partial charge in [0.2, 0.25) is 0 Å². The summed E-state index contributed by atoms with van der Waals surface area (Å²) in [5.41, 5.74) is 11.3. The minimum Gasteiger partial charge on any atom is -0.361 e. The Labute approximate surface area is 98.7 Å². The zero-order chi connectivity index (χ0) is 11.4. The molecule has 0 heterocycles. The molecule has 2 aromatic rings. The number of halogens is 1. The molecule has 16 heavy (non-hydrogen) atoms. The molecule has 0 aliphatic heterocycles. The molecule has 0 fully saturated rings. The summed E-state index contributed by atoms with van der Waals surface area (Å²) in [5.74, 6) is 0. The van der Waals surface area contributed by atoms with Gasteiger partial charge < -0.3 is 5.53 Å². The van der Waals surface area contributed by atoms with Crippen LogP contribution in [0.2, 0.25) is 5.02 Å². The third kappa shape index (κ3) is 2.19. The molecule has 3 heteroatoms. The predicted octanol–water partition coefficient (Wildman–Crippen LogP) is 3.41. The van der Waals surface area contributed by atoms with Crippen molar-refractivity contribution in [1.29, 1.82) is 0 Å². The average Bonchev–Trinajstić information content (AvgIpc) is 2.34. The molecule has 0 atom stereocenters. The van der Waals surface area contributed by atoms with Crippen LogP contribution in [0.25, 0.3) is 5.53 Å². The fourth-order valence-corrected chi connectivity index (χ4v) is 1.61. The highest BCUT2D eigenvalue weighted by Gasteiger charge is 2.13. The van der Waals surface area contributed by atoms with E-state index in [0.29, 0.717) is 10.7 Å². The van der Waals surface area contributed by atoms with Crippen molar-refractivity contribution < 1.29 is 4.79 Å². The maximum absolute atomic E-state index is 9.06. The third-order valence-electron chi connectivity index (χ3n) is 2.26. The third-order valence-corrected chi connectivity index (χ3v) is 2.52. The molecule has 0 saturated heterocycles. The van der Waals surface area contributed by atoms with Crippen LogP contribution in [0.4, 0.5) is 0 Å². The van der Waals surface area contributed by atoms with Gasteiger partial charge in [-0.05, 0) is 36.4 Å². The lowest BCUT2D eigenvalue weighted by molar-refractivity contribution is -0.00279. The largest absolute Gasteiger partial charge is 0.361 e. The molecule has 0 spiro atoms. The van der Waals surface area contributed by atoms with Crippen LogP contribution in [0.5, 0.6) is 0 Å². The average molecular weight is 229 g/mol. The quantitative estimate of drug-likeness (QED) is 0.429. The number of benzene rings is 2. The minimum atomic E-state index is 0.539. The van der Waals surface area contributed by atoms with Gasteiger partial charge in [-0.25, -0.2) is 0 Å². The van der Waals surface area contributed by atoms with E-state index in [0.717, 1.165) is 11.1 Å². The summed E-state index contributed by atoms with van der Waals surface area (Å²) in [6.45, 7) is 0. The second kappa shape index (κ2) is 4.75. The van der Waals surface area contributed by atoms with E-state index in [1.807, 2.05) is 42.5 Å². The second-order valence-corrected chi connectivity index (χ2v) is 3.76. The maximum Gasteiger partial charge on any atom is 0.329 e. The molecule has 2 aromatic carbocycles. The van der Waals surface area contributed by atoms with Gasteiger partial charge in [0, 0.05) is 5.02 Å². The molecular weight excluding hydrogens is 220 g/mol. The smallest absolute Gasteiger partial charge is 0.329 e. The van der Waals surface area contributed by atoms with E-state index in [-0.39, 0.29) is 0 Å². The van der Waals surface area contributed by atoms with E-state index < -0.39 is 0 Å². The number of hydrogen-bond donors (Lipinski definition) is 0. The van der Waals surface area contributed by atoms with Gasteiger partial charge in [0.1, 0.15) is 0 Å². The highest BCUT2D eigenvalue weighted by Crippen LogP contribution is 2.13. The van der Waals surface area contributed by atoms with Crippen molar-refractivity contribution in [2.75, 3.05) is 0 Å². The van der Waals surface area contributed by atoms with Gasteiger partial charge in [0.15, 0.2) is 0 Å². The Bertz CT molecular complexity index is 526. The van der Waals surface area contributed by atoms with Crippen molar-refractivity contribution in [2.45, 2.75) is 0 Å². The SMILES string of the molecule is [N-]=[N+]=C(c1ccccc1)c1ccc(Cl)cc1. The Morgan fingerprint density at radius 1 is 0.875 bits per heavy atom. The first-order valence-corrected chi connectivity index (χ1v) is 5.22. The van der Waals surface area contributed by atoms with Crippen LogP contribution >= 0.6 is 11.6 Å². The van der Waals surface area contributed by atoms with Crippen molar-refractivity contribution >= 4 is 17.3 Å². The van der Waals surface area contributed by atoms with Crippen LogP contribution in [0.1, 0.15) is 11.1 Å². The molecule has 2 rings (SSSR count). The standard InChI is InChI=1S/C13H9ClN2/c14-12-8-6-11(7-9-12)13(16-15)10-4-2-1-3-5-10/h1-9H. The molecule has 0 amide bonds. The lowest BCUT2D eigenvalue weighted by Gasteiger charge is -1.97. The van der Waals surface area contributed by atoms with E-state index in [1.54, 1.807) is 12.1 Å². The van der Waals surface area contributed by atoms with Gasteiger partial charge in [-0.1, -0.05) is 29.8 Å². The monoisotopic (exact) mass is 228 g/mol. The minimum absolute atomic E-state index is 0.539. The molecule has 0 aliphatic carbocycles. The van der Waals surface area contributed by atoms with Gasteiger partial charge in [-0.3, -0.25) is 0 Å². The van der Waals surface area contributed by atoms with Gasteiger partial charge >= 0.3 is 5.71 Å². The van der Waals surface area contributed by atoms with E-state index in [1.165, 1.54) is 0 Å². The molecule has 78 valence electrons. The Hall–Kier alpha value is -1.89. The zero-order valence-corrected chi connectivity index (χ0v) is 9.22. The zero-order valence-electron chi connectivity index (χ0n) is 8.47. The van der Waals surface area contributed by atoms with E-state index in [4.69, 9.17) is 17.1 Å². The molecule has 0 bridgehead atoms. The lowest BCUT2D eigenvalue weighted by Crippen LogP contribution is -2.03. The van der Waals surface area contributed by atoms with Crippen LogP contribution < -0.4 is 0 Å². The first-order valence-electron chi connectivity index (χ1n) is 4.84. The molecule has 0 saturated carbocycles. The van der Waals surface area contributed by atoms with Crippen molar-refractivity contribution in [3.05, 3.63) is 76.3 Å². The molecule has 0 aromatic heterocycles. The van der Waals surface area contributed by atoms with Gasteiger partial charge in [-0.2, -0.15) is 4.79 Å². The molecule has 0 radical (unpaired) electrons. The van der Waals surface area contributed by atoms with E-state index in [9.17, 15) is 0 Å². The summed E-state index contributed by atoms with van der Waals surface area (Å²) in [7, 11) is 0. The normalized spacial score (nSPS) is 9.56. The van der Waals surface area contributed by atoms with Crippen LogP contribution in [0.3, 0.4) is 0 Å². The van der Waals surface area contributed by atoms with Crippen LogP contribution in [-0.2, 0) is 0 Å². The molecular formula is C13H9ClN2. The van der Waals surface area contributed by atoms with Crippen molar-refractivity contribution in [3.63, 3.8) is 0 Å². The summed E-state index contributed by atoms with van der Waals surface area (Å²) >= 11 is 5.80. The van der Waals surface area contributed by atoms with Crippen LogP contribution in [0.15, 0.2) is 54.6 Å². The fourth-order valence-electron chi connectivity index (χ4n) is 1.49. The second-order valence-electron chi connectivity index (χ2n) is 3.32. The topological polar surface area (TPSA) is 36.4 Å². The van der Waals surface area contributed by atoms with Crippen molar-refractivity contribution in [1.82, 2.24) is 0 Å². The van der Waals surface area contributed by atoms with E-state index in [2.05, 4.69) is 4.79 Å². The van der Waals surface area contributed by atoms with Gasteiger partial charge in [0.25, 0.3) is 0 Å². The predicted molar refractivity (Wildman–Crippen MR) is 64.7 cm³/mol. The summed E-state index contributed by atoms with van der Waals surface area (Å²) in [4.78, 5) is 3.33. The Morgan fingerprint density at radius 3 is 2.00 bits per heavy atom. The van der Waals surface area contributed by atoms with Crippen molar-refractivity contribution in [2.24, 2.45) is 0 Å². The molecule has 0 unspecified atom stereocenters. The summed E-state index contributed by atoms with van der Waals surface area (Å²) in [5, 5.41) is 0.661. The molecule has 0 aliphatic rings. The number of nitrogens with zero attached hydrogens (tertiary/aromatic N) is 2. The molecule has 0 N–H and O–H groups in total. The summed E-state index contributed by atoms with van der Waals surface area (Å²) in [6.07, 6.45) is 0. The summed E-state index contributed by atoms with van der Waals surface area (Å²) < 4.78 is 0. The number of rotatable bonds is 2. The van der Waals surface area contributed by atoms with Crippen LogP contribution in [0, 0.1) is 0 Å². The number of hydrogen-bond acceptors (Lipinski definition) is 0. The van der Waals surface area contributed by atoms with Crippen molar-refractivity contribution in [3.8, 4) is 0 Å². The Morgan fingerprint density at radius 2 is 1.44 bits per heavy atom. The summed E-state index contributed by atoms with van der Waals surface area (Å²) in [6, 6.07) is 16.7. The molecule has 2 nitrogen and oxygen atoms in total. The first-order chi connectivity index (χ1) is 7.81. The lowest BCUT2D eigenvalue weighted by atomic mass is 10.0. The van der Waals surface area contributed by atoms with Crippen LogP contribution in [-0.4, -0.2) is 10.5 Å². The highest BCUT2D eigenvalue weighted by molar-refractivity contribution is 6.30. The fraction of sp³-hybridized carbons (Fsp3) is 0. The first kappa shape index (κ1) is 10.6.